The number of rotatable bonds is 11. The third kappa shape index (κ3) is 7.35. The van der Waals surface area contributed by atoms with E-state index >= 15 is 0 Å². The lowest BCUT2D eigenvalue weighted by atomic mass is 9.96. The molecule has 0 aliphatic rings. The number of ketones is 1. The number of carbonyl (C=O) groups is 2. The molecule has 32 heavy (non-hydrogen) atoms. The number of hydrogen-bond donors (Lipinski definition) is 3. The van der Waals surface area contributed by atoms with E-state index in [1.54, 1.807) is 39.0 Å². The van der Waals surface area contributed by atoms with Crippen molar-refractivity contribution in [1.29, 1.82) is 0 Å². The van der Waals surface area contributed by atoms with Crippen molar-refractivity contribution < 1.29 is 29.6 Å². The number of benzene rings is 1. The average Bonchev–Trinajstić information content (AvgIpc) is 2.72. The van der Waals surface area contributed by atoms with Crippen LogP contribution in [0, 0.1) is 12.8 Å². The van der Waals surface area contributed by atoms with E-state index in [0.29, 0.717) is 17.7 Å². The number of phenolic OH excluding ortho intramolecular Hbond substituents is 1. The van der Waals surface area contributed by atoms with E-state index in [-0.39, 0.29) is 17.2 Å². The van der Waals surface area contributed by atoms with Gasteiger partial charge in [0.25, 0.3) is 0 Å². The summed E-state index contributed by atoms with van der Waals surface area (Å²) in [6.45, 7) is 12.1. The van der Waals surface area contributed by atoms with Gasteiger partial charge in [0.05, 0.1) is 6.10 Å². The van der Waals surface area contributed by atoms with Crippen molar-refractivity contribution in [3.63, 3.8) is 0 Å². The molecule has 3 atom stereocenters. The van der Waals surface area contributed by atoms with Gasteiger partial charge in [-0.15, -0.1) is 0 Å². The van der Waals surface area contributed by atoms with Gasteiger partial charge in [-0.2, -0.15) is 0 Å². The Hall–Kier alpha value is -2.90. The van der Waals surface area contributed by atoms with E-state index in [1.165, 1.54) is 12.1 Å². The van der Waals surface area contributed by atoms with Crippen LogP contribution < -0.4 is 4.90 Å². The Morgan fingerprint density at radius 2 is 1.91 bits per heavy atom. The van der Waals surface area contributed by atoms with Crippen LogP contribution in [-0.2, 0) is 9.53 Å². The van der Waals surface area contributed by atoms with Gasteiger partial charge in [-0.1, -0.05) is 31.7 Å². The van der Waals surface area contributed by atoms with E-state index in [0.717, 1.165) is 11.3 Å². The second-order valence-electron chi connectivity index (χ2n) is 8.06. The van der Waals surface area contributed by atoms with Crippen LogP contribution in [0.25, 0.3) is 6.08 Å². The van der Waals surface area contributed by atoms with Gasteiger partial charge in [0.1, 0.15) is 24.0 Å². The molecule has 0 bridgehead atoms. The molecule has 0 fully saturated rings. The zero-order valence-corrected chi connectivity index (χ0v) is 19.8. The van der Waals surface area contributed by atoms with Gasteiger partial charge in [-0.3, -0.25) is 4.79 Å². The number of allylic oxidation sites excluding steroid dienone is 1. The molecule has 1 aromatic rings. The van der Waals surface area contributed by atoms with Crippen LogP contribution in [0.4, 0.5) is 5.69 Å². The summed E-state index contributed by atoms with van der Waals surface area (Å²) < 4.78 is 5.58. The summed E-state index contributed by atoms with van der Waals surface area (Å²) in [5, 5.41) is 29.1. The van der Waals surface area contributed by atoms with Crippen LogP contribution in [0.2, 0.25) is 0 Å². The summed E-state index contributed by atoms with van der Waals surface area (Å²) in [7, 11) is 1.81. The van der Waals surface area contributed by atoms with E-state index in [2.05, 4.69) is 6.58 Å². The first-order valence-corrected chi connectivity index (χ1v) is 10.5. The standard InChI is InChI=1S/C25H35NO6/c1-15(2)26(7)22-13-23(30)24(21(18(22)5)10-8-9-17(4)28)25(31)32-19(6)16(3)11-12-20(29)14-27/h8,10-13,16-17,19,27-28,30H,1,9,14H2,2-7H3/b10-8+,12-11-/t16-,17-,19+/m1/s1. The first-order chi connectivity index (χ1) is 14.9. The van der Waals surface area contributed by atoms with E-state index < -0.39 is 30.6 Å². The van der Waals surface area contributed by atoms with Crippen LogP contribution >= 0.6 is 0 Å². The second kappa shape index (κ2) is 12.2. The molecule has 0 saturated heterocycles. The predicted molar refractivity (Wildman–Crippen MR) is 127 cm³/mol. The molecule has 3 N–H and O–H groups in total. The van der Waals surface area contributed by atoms with Gasteiger partial charge in [0.15, 0.2) is 5.78 Å². The fraction of sp³-hybridized carbons (Fsp3) is 0.440. The number of carbonyl (C=O) groups excluding carboxylic acids is 2. The van der Waals surface area contributed by atoms with E-state index in [1.807, 2.05) is 25.8 Å². The van der Waals surface area contributed by atoms with Crippen LogP contribution in [0.1, 0.15) is 55.6 Å². The van der Waals surface area contributed by atoms with Crippen molar-refractivity contribution in [2.75, 3.05) is 18.6 Å². The molecule has 0 aliphatic heterocycles. The number of esters is 1. The van der Waals surface area contributed by atoms with Gasteiger partial charge < -0.3 is 25.0 Å². The van der Waals surface area contributed by atoms with Crippen LogP contribution in [0.15, 0.2) is 36.6 Å². The summed E-state index contributed by atoms with van der Waals surface area (Å²) >= 11 is 0. The summed E-state index contributed by atoms with van der Waals surface area (Å²) in [5.74, 6) is -1.66. The summed E-state index contributed by atoms with van der Waals surface area (Å²) in [4.78, 5) is 26.1. The number of aliphatic hydroxyl groups excluding tert-OH is 2. The minimum Gasteiger partial charge on any atom is -0.507 e. The van der Waals surface area contributed by atoms with Crippen molar-refractivity contribution in [2.45, 2.75) is 53.2 Å². The fourth-order valence-corrected chi connectivity index (χ4v) is 2.94. The molecule has 0 amide bonds. The lowest BCUT2D eigenvalue weighted by molar-refractivity contribution is -0.117. The molecule has 176 valence electrons. The first-order valence-electron chi connectivity index (χ1n) is 10.5. The maximum atomic E-state index is 13.0. The van der Waals surface area contributed by atoms with Gasteiger partial charge in [0, 0.05) is 30.4 Å². The van der Waals surface area contributed by atoms with Gasteiger partial charge >= 0.3 is 5.97 Å². The molecule has 1 aromatic carbocycles. The van der Waals surface area contributed by atoms with Crippen LogP contribution in [-0.4, -0.2) is 52.9 Å². The number of ether oxygens (including phenoxy) is 1. The first kappa shape index (κ1) is 27.1. The minimum absolute atomic E-state index is 0.0256. The molecular formula is C25H35NO6. The lowest BCUT2D eigenvalue weighted by Gasteiger charge is -2.25. The minimum atomic E-state index is -0.701. The zero-order chi connectivity index (χ0) is 24.6. The Morgan fingerprint density at radius 3 is 2.44 bits per heavy atom. The molecule has 7 heteroatoms. The third-order valence-corrected chi connectivity index (χ3v) is 5.26. The largest absolute Gasteiger partial charge is 0.507 e. The number of nitrogens with zero attached hydrogens (tertiary/aromatic N) is 1. The van der Waals surface area contributed by atoms with E-state index in [9.17, 15) is 19.8 Å². The Kier molecular flexibility index (Phi) is 10.4. The molecule has 1 rings (SSSR count). The molecular weight excluding hydrogens is 410 g/mol. The number of aliphatic hydroxyl groups is 2. The highest BCUT2D eigenvalue weighted by Crippen LogP contribution is 2.36. The molecule has 0 aliphatic carbocycles. The van der Waals surface area contributed by atoms with Crippen LogP contribution in [0.3, 0.4) is 0 Å². The van der Waals surface area contributed by atoms with Gasteiger partial charge in [0.2, 0.25) is 0 Å². The summed E-state index contributed by atoms with van der Waals surface area (Å²) in [6.07, 6.45) is 5.50. The van der Waals surface area contributed by atoms with Crippen molar-refractivity contribution in [3.05, 3.63) is 53.3 Å². The smallest absolute Gasteiger partial charge is 0.342 e. The fourth-order valence-electron chi connectivity index (χ4n) is 2.94. The molecule has 0 spiro atoms. The number of aromatic hydroxyl groups is 1. The Labute approximate surface area is 190 Å². The van der Waals surface area contributed by atoms with Gasteiger partial charge in [-0.25, -0.2) is 4.79 Å². The van der Waals surface area contributed by atoms with E-state index in [4.69, 9.17) is 9.84 Å². The Morgan fingerprint density at radius 1 is 1.28 bits per heavy atom. The SMILES string of the molecule is C=C(C)N(C)c1cc(O)c(C(=O)O[C@@H](C)[C@H](C)/C=C\C(=O)CO)c(/C=C/C[C@@H](C)O)c1C. The Bertz CT molecular complexity index is 900. The van der Waals surface area contributed by atoms with Gasteiger partial charge in [-0.05, 0) is 51.3 Å². The Balaban J connectivity index is 3.37. The molecule has 0 heterocycles. The van der Waals surface area contributed by atoms with Crippen molar-refractivity contribution in [2.24, 2.45) is 5.92 Å². The number of anilines is 1. The molecule has 7 nitrogen and oxygen atoms in total. The topological polar surface area (TPSA) is 107 Å². The maximum absolute atomic E-state index is 13.0. The molecule has 0 radical (unpaired) electrons. The predicted octanol–water partition coefficient (Wildman–Crippen LogP) is 3.75. The summed E-state index contributed by atoms with van der Waals surface area (Å²) in [6, 6.07) is 1.50. The highest BCUT2D eigenvalue weighted by atomic mass is 16.5. The monoisotopic (exact) mass is 445 g/mol. The van der Waals surface area contributed by atoms with Crippen LogP contribution in [0.5, 0.6) is 5.75 Å². The lowest BCUT2D eigenvalue weighted by Crippen LogP contribution is -2.22. The quantitative estimate of drug-likeness (QED) is 0.352. The zero-order valence-electron chi connectivity index (χ0n) is 19.8. The highest BCUT2D eigenvalue weighted by molar-refractivity contribution is 5.98. The number of hydrogen-bond acceptors (Lipinski definition) is 7. The molecule has 0 saturated carbocycles. The van der Waals surface area contributed by atoms with Crippen molar-refractivity contribution in [3.8, 4) is 5.75 Å². The number of phenols is 1. The highest BCUT2D eigenvalue weighted by Gasteiger charge is 2.25. The van der Waals surface area contributed by atoms with Crippen molar-refractivity contribution in [1.82, 2.24) is 0 Å². The molecule has 0 aromatic heterocycles. The molecule has 0 unspecified atom stereocenters. The van der Waals surface area contributed by atoms with Crippen molar-refractivity contribution >= 4 is 23.5 Å². The second-order valence-corrected chi connectivity index (χ2v) is 8.06. The third-order valence-electron chi connectivity index (χ3n) is 5.26. The average molecular weight is 446 g/mol. The summed E-state index contributed by atoms with van der Waals surface area (Å²) in [5.41, 5.74) is 2.71. The normalized spacial score (nSPS) is 14.4. The maximum Gasteiger partial charge on any atom is 0.342 e.